The minimum Gasteiger partial charge on any atom is -0.342 e. The molecule has 0 aliphatic rings. The lowest BCUT2D eigenvalue weighted by atomic mass is 10.1. The molecule has 18 heavy (non-hydrogen) atoms. The molecule has 1 aromatic heterocycles. The van der Waals surface area contributed by atoms with Crippen LogP contribution < -0.4 is 5.32 Å². The lowest BCUT2D eigenvalue weighted by Gasteiger charge is -2.10. The Morgan fingerprint density at radius 2 is 2.39 bits per heavy atom. The Labute approximate surface area is 109 Å². The summed E-state index contributed by atoms with van der Waals surface area (Å²) in [5.41, 5.74) is 1.46. The zero-order chi connectivity index (χ0) is 13.0. The highest BCUT2D eigenvalue weighted by Gasteiger charge is 2.14. The summed E-state index contributed by atoms with van der Waals surface area (Å²) in [7, 11) is 0. The standard InChI is InChI=1S/C11H12ClN5O/c1-7(10-14-16-17-15-10)13-11(18)9-4-2-3-8(5-9)6-12/h2-5,7H,6H2,1H3,(H,13,18)(H,14,15,16,17). The van der Waals surface area contributed by atoms with Gasteiger partial charge in [-0.25, -0.2) is 0 Å². The minimum atomic E-state index is -0.309. The van der Waals surface area contributed by atoms with Gasteiger partial charge in [-0.2, -0.15) is 5.21 Å². The van der Waals surface area contributed by atoms with Gasteiger partial charge in [0.2, 0.25) is 0 Å². The molecule has 0 bridgehead atoms. The van der Waals surface area contributed by atoms with Crippen molar-refractivity contribution in [2.24, 2.45) is 0 Å². The van der Waals surface area contributed by atoms with E-state index >= 15 is 0 Å². The largest absolute Gasteiger partial charge is 0.342 e. The molecule has 1 atom stereocenters. The normalized spacial score (nSPS) is 12.1. The Balaban J connectivity index is 2.07. The first-order chi connectivity index (χ1) is 8.70. The predicted molar refractivity (Wildman–Crippen MR) is 66.1 cm³/mol. The fraction of sp³-hybridized carbons (Fsp3) is 0.273. The molecule has 1 heterocycles. The zero-order valence-corrected chi connectivity index (χ0v) is 10.5. The number of aromatic nitrogens is 4. The van der Waals surface area contributed by atoms with Gasteiger partial charge in [-0.05, 0) is 24.6 Å². The van der Waals surface area contributed by atoms with Crippen molar-refractivity contribution in [3.8, 4) is 0 Å². The molecular formula is C11H12ClN5O. The summed E-state index contributed by atoms with van der Waals surface area (Å²) >= 11 is 5.73. The monoisotopic (exact) mass is 265 g/mol. The van der Waals surface area contributed by atoms with Gasteiger partial charge in [0.25, 0.3) is 5.91 Å². The van der Waals surface area contributed by atoms with E-state index < -0.39 is 0 Å². The van der Waals surface area contributed by atoms with E-state index in [2.05, 4.69) is 25.9 Å². The quantitative estimate of drug-likeness (QED) is 0.819. The summed E-state index contributed by atoms with van der Waals surface area (Å²) in [5, 5.41) is 16.2. The molecule has 0 aliphatic carbocycles. The predicted octanol–water partition coefficient (Wildman–Crippen LogP) is 1.43. The molecule has 1 amide bonds. The number of carbonyl (C=O) groups excluding carboxylic acids is 1. The lowest BCUT2D eigenvalue weighted by molar-refractivity contribution is 0.0938. The van der Waals surface area contributed by atoms with Crippen LogP contribution in [0.15, 0.2) is 24.3 Å². The van der Waals surface area contributed by atoms with Crippen LogP contribution in [-0.4, -0.2) is 26.5 Å². The SMILES string of the molecule is CC(NC(=O)c1cccc(CCl)c1)c1nn[nH]n1. The van der Waals surface area contributed by atoms with Gasteiger partial charge in [0.1, 0.15) is 0 Å². The highest BCUT2D eigenvalue weighted by atomic mass is 35.5. The number of benzene rings is 1. The van der Waals surface area contributed by atoms with Crippen molar-refractivity contribution in [1.82, 2.24) is 25.9 Å². The van der Waals surface area contributed by atoms with Crippen LogP contribution in [0.25, 0.3) is 0 Å². The lowest BCUT2D eigenvalue weighted by Crippen LogP contribution is -2.27. The van der Waals surface area contributed by atoms with E-state index in [1.165, 1.54) is 0 Å². The van der Waals surface area contributed by atoms with Gasteiger partial charge in [-0.3, -0.25) is 4.79 Å². The number of aromatic amines is 1. The van der Waals surface area contributed by atoms with Crippen LogP contribution in [0.4, 0.5) is 0 Å². The van der Waals surface area contributed by atoms with Gasteiger partial charge in [-0.1, -0.05) is 17.3 Å². The number of tetrazole rings is 1. The molecule has 0 saturated carbocycles. The third-order valence-corrected chi connectivity index (χ3v) is 2.75. The Morgan fingerprint density at radius 1 is 1.56 bits per heavy atom. The van der Waals surface area contributed by atoms with Crippen LogP contribution in [0.1, 0.15) is 34.7 Å². The molecule has 0 radical (unpaired) electrons. The second-order valence-corrected chi connectivity index (χ2v) is 4.07. The van der Waals surface area contributed by atoms with Gasteiger partial charge in [0.05, 0.1) is 6.04 Å². The molecule has 0 spiro atoms. The summed E-state index contributed by atoms with van der Waals surface area (Å²) in [6, 6.07) is 6.84. The number of H-pyrrole nitrogens is 1. The van der Waals surface area contributed by atoms with E-state index in [4.69, 9.17) is 11.6 Å². The number of amides is 1. The number of alkyl halides is 1. The van der Waals surface area contributed by atoms with Crippen LogP contribution in [0.2, 0.25) is 0 Å². The van der Waals surface area contributed by atoms with E-state index in [1.807, 2.05) is 6.07 Å². The number of hydrogen-bond acceptors (Lipinski definition) is 4. The van der Waals surface area contributed by atoms with Gasteiger partial charge in [0.15, 0.2) is 5.82 Å². The third-order valence-electron chi connectivity index (χ3n) is 2.44. The number of hydrogen-bond donors (Lipinski definition) is 2. The third kappa shape index (κ3) is 2.84. The molecule has 0 aliphatic heterocycles. The maximum atomic E-state index is 12.0. The van der Waals surface area contributed by atoms with Crippen LogP contribution in [0.5, 0.6) is 0 Å². The number of nitrogens with one attached hydrogen (secondary N) is 2. The van der Waals surface area contributed by atoms with Crippen molar-refractivity contribution >= 4 is 17.5 Å². The number of carbonyl (C=O) groups is 1. The minimum absolute atomic E-state index is 0.195. The second-order valence-electron chi connectivity index (χ2n) is 3.80. The number of halogens is 1. The molecule has 0 fully saturated rings. The molecule has 7 heteroatoms. The summed E-state index contributed by atoms with van der Waals surface area (Å²) in [6.45, 7) is 1.79. The molecule has 2 aromatic rings. The first-order valence-electron chi connectivity index (χ1n) is 5.40. The van der Waals surface area contributed by atoms with E-state index in [1.54, 1.807) is 25.1 Å². The Morgan fingerprint density at radius 3 is 3.06 bits per heavy atom. The van der Waals surface area contributed by atoms with Crippen molar-refractivity contribution in [2.75, 3.05) is 0 Å². The van der Waals surface area contributed by atoms with E-state index in [0.717, 1.165) is 5.56 Å². The number of rotatable bonds is 4. The average Bonchev–Trinajstić information content (AvgIpc) is 2.92. The van der Waals surface area contributed by atoms with E-state index in [-0.39, 0.29) is 11.9 Å². The topological polar surface area (TPSA) is 83.6 Å². The summed E-state index contributed by atoms with van der Waals surface area (Å²) in [4.78, 5) is 12.0. The number of nitrogens with zero attached hydrogens (tertiary/aromatic N) is 3. The van der Waals surface area contributed by atoms with Gasteiger partial charge in [0, 0.05) is 11.4 Å². The molecule has 2 rings (SSSR count). The molecular weight excluding hydrogens is 254 g/mol. The van der Waals surface area contributed by atoms with Gasteiger partial charge in [-0.15, -0.1) is 21.8 Å². The summed E-state index contributed by atoms with van der Waals surface area (Å²) in [5.74, 6) is 0.623. The maximum Gasteiger partial charge on any atom is 0.251 e. The van der Waals surface area contributed by atoms with Crippen LogP contribution in [0, 0.1) is 0 Å². The fourth-order valence-corrected chi connectivity index (χ4v) is 1.66. The average molecular weight is 266 g/mol. The molecule has 0 saturated heterocycles. The highest BCUT2D eigenvalue weighted by Crippen LogP contribution is 2.10. The molecule has 1 aromatic carbocycles. The van der Waals surface area contributed by atoms with Crippen molar-refractivity contribution < 1.29 is 4.79 Å². The molecule has 1 unspecified atom stereocenters. The zero-order valence-electron chi connectivity index (χ0n) is 9.72. The van der Waals surface area contributed by atoms with Gasteiger partial charge >= 0.3 is 0 Å². The first-order valence-corrected chi connectivity index (χ1v) is 5.93. The highest BCUT2D eigenvalue weighted by molar-refractivity contribution is 6.17. The van der Waals surface area contributed by atoms with Crippen LogP contribution >= 0.6 is 11.6 Å². The van der Waals surface area contributed by atoms with Crippen molar-refractivity contribution in [1.29, 1.82) is 0 Å². The van der Waals surface area contributed by atoms with Crippen molar-refractivity contribution in [2.45, 2.75) is 18.8 Å². The fourth-order valence-electron chi connectivity index (χ4n) is 1.49. The molecule has 6 nitrogen and oxygen atoms in total. The maximum absolute atomic E-state index is 12.0. The van der Waals surface area contributed by atoms with Crippen LogP contribution in [-0.2, 0) is 5.88 Å². The van der Waals surface area contributed by atoms with Gasteiger partial charge < -0.3 is 5.32 Å². The smallest absolute Gasteiger partial charge is 0.251 e. The Kier molecular flexibility index (Phi) is 3.88. The Bertz CT molecular complexity index is 528. The van der Waals surface area contributed by atoms with E-state index in [0.29, 0.717) is 17.3 Å². The van der Waals surface area contributed by atoms with Crippen molar-refractivity contribution in [3.05, 3.63) is 41.2 Å². The van der Waals surface area contributed by atoms with Crippen LogP contribution in [0.3, 0.4) is 0 Å². The Hall–Kier alpha value is -1.95. The summed E-state index contributed by atoms with van der Waals surface area (Å²) < 4.78 is 0. The van der Waals surface area contributed by atoms with Crippen molar-refractivity contribution in [3.63, 3.8) is 0 Å². The molecule has 94 valence electrons. The molecule has 2 N–H and O–H groups in total. The first kappa shape index (κ1) is 12.5. The van der Waals surface area contributed by atoms with E-state index in [9.17, 15) is 4.79 Å². The summed E-state index contributed by atoms with van der Waals surface area (Å²) in [6.07, 6.45) is 0. The second kappa shape index (κ2) is 5.59.